The normalized spacial score (nSPS) is 17.4. The van der Waals surface area contributed by atoms with Gasteiger partial charge in [0, 0.05) is 12.8 Å². The number of ether oxygens (including phenoxy) is 3. The summed E-state index contributed by atoms with van der Waals surface area (Å²) >= 11 is 0. The van der Waals surface area contributed by atoms with E-state index in [1.54, 1.807) is 6.08 Å². The van der Waals surface area contributed by atoms with E-state index in [2.05, 4.69) is 19.2 Å². The third-order valence-corrected chi connectivity index (χ3v) is 20.2. The Kier molecular flexibility index (Phi) is 68.9. The van der Waals surface area contributed by atoms with Gasteiger partial charge in [-0.05, 0) is 32.1 Å². The third kappa shape index (κ3) is 60.1. The van der Waals surface area contributed by atoms with Gasteiger partial charge in [-0.2, -0.15) is 0 Å². The molecule has 1 fully saturated rings. The fraction of sp³-hybridized carbons (Fsp3) is 0.951. The summed E-state index contributed by atoms with van der Waals surface area (Å²) in [5, 5.41) is 54.4. The Morgan fingerprint density at radius 2 is 0.677 bits per heavy atom. The lowest BCUT2D eigenvalue weighted by Gasteiger charge is -2.40. The van der Waals surface area contributed by atoms with E-state index < -0.39 is 49.5 Å². The van der Waals surface area contributed by atoms with Gasteiger partial charge < -0.3 is 45.1 Å². The largest absolute Gasteiger partial charge is 0.466 e. The van der Waals surface area contributed by atoms with Gasteiger partial charge in [-0.1, -0.05) is 405 Å². The van der Waals surface area contributed by atoms with Gasteiger partial charge in [0.25, 0.3) is 0 Å². The molecule has 0 spiro atoms. The van der Waals surface area contributed by atoms with Gasteiger partial charge in [-0.15, -0.1) is 0 Å². The molecule has 0 bridgehead atoms. The highest BCUT2D eigenvalue weighted by Crippen LogP contribution is 2.24. The standard InChI is InChI=1S/C82H159NO10/c1-3-5-7-9-11-13-15-16-17-18-41-44-47-50-54-58-62-66-70-78(87)91-71-67-63-59-55-51-48-45-42-39-37-35-33-31-29-27-25-23-21-19-20-22-24-26-28-30-32-34-36-38-40-43-46-49-53-57-61-65-69-77(86)83-74(73-92-82-81(90)80(89)79(88)76(72-84)93-82)75(85)68-64-60-56-52-14-12-10-8-6-4-2/h64,68,74-76,79-82,84-85,88-90H,3-63,65-67,69-73H2,1-2H3,(H,83,86)/b68-64+. The number of nitrogens with one attached hydrogen (secondary N) is 1. The second-order valence-corrected chi connectivity index (χ2v) is 29.2. The van der Waals surface area contributed by atoms with Crippen molar-refractivity contribution in [3.05, 3.63) is 12.2 Å². The van der Waals surface area contributed by atoms with Crippen molar-refractivity contribution in [3.63, 3.8) is 0 Å². The Balaban J connectivity index is 1.83. The molecular weight excluding hydrogens is 1160 g/mol. The lowest BCUT2D eigenvalue weighted by atomic mass is 9.99. The Labute approximate surface area is 576 Å². The predicted molar refractivity (Wildman–Crippen MR) is 394 cm³/mol. The molecule has 0 saturated carbocycles. The van der Waals surface area contributed by atoms with Crippen LogP contribution in [0.1, 0.15) is 438 Å². The van der Waals surface area contributed by atoms with Crippen LogP contribution in [0.15, 0.2) is 12.2 Å². The molecule has 1 saturated heterocycles. The van der Waals surface area contributed by atoms with E-state index in [4.69, 9.17) is 14.2 Å². The quantitative estimate of drug-likeness (QED) is 0.0195. The molecule has 1 aliphatic heterocycles. The van der Waals surface area contributed by atoms with E-state index >= 15 is 0 Å². The van der Waals surface area contributed by atoms with Crippen molar-refractivity contribution >= 4 is 11.9 Å². The summed E-state index contributed by atoms with van der Waals surface area (Å²) in [5.74, 6) is -0.152. The molecule has 0 aromatic carbocycles. The van der Waals surface area contributed by atoms with Crippen LogP contribution in [0.2, 0.25) is 0 Å². The van der Waals surface area contributed by atoms with Crippen LogP contribution in [-0.4, -0.2) is 100 Å². The summed E-state index contributed by atoms with van der Waals surface area (Å²) in [6.07, 6.45) is 81.3. The molecule has 1 aliphatic rings. The highest BCUT2D eigenvalue weighted by atomic mass is 16.7. The van der Waals surface area contributed by atoms with Crippen LogP contribution in [0.3, 0.4) is 0 Å². The average molecular weight is 1320 g/mol. The number of hydrogen-bond donors (Lipinski definition) is 6. The molecule has 0 aromatic rings. The van der Waals surface area contributed by atoms with Crippen LogP contribution in [0.4, 0.5) is 0 Å². The van der Waals surface area contributed by atoms with Gasteiger partial charge in [-0.25, -0.2) is 0 Å². The molecule has 11 heteroatoms. The van der Waals surface area contributed by atoms with Crippen LogP contribution in [0.25, 0.3) is 0 Å². The number of carbonyl (C=O) groups is 2. The average Bonchev–Trinajstić information content (AvgIpc) is 0.939. The fourth-order valence-corrected chi connectivity index (χ4v) is 13.7. The van der Waals surface area contributed by atoms with Gasteiger partial charge in [-0.3, -0.25) is 9.59 Å². The second-order valence-electron chi connectivity index (χ2n) is 29.2. The molecule has 11 nitrogen and oxygen atoms in total. The van der Waals surface area contributed by atoms with Gasteiger partial charge in [0.2, 0.25) is 5.91 Å². The summed E-state index contributed by atoms with van der Waals surface area (Å²) in [5.41, 5.74) is 0. The molecular formula is C82H159NO10. The molecule has 552 valence electrons. The zero-order valence-corrected chi connectivity index (χ0v) is 61.8. The molecule has 1 heterocycles. The maximum Gasteiger partial charge on any atom is 0.305 e. The Bertz CT molecular complexity index is 1550. The highest BCUT2D eigenvalue weighted by molar-refractivity contribution is 5.76. The highest BCUT2D eigenvalue weighted by Gasteiger charge is 2.44. The molecule has 1 rings (SSSR count). The predicted octanol–water partition coefficient (Wildman–Crippen LogP) is 22.5. The number of aliphatic hydroxyl groups excluding tert-OH is 5. The maximum absolute atomic E-state index is 13.0. The molecule has 0 radical (unpaired) electrons. The molecule has 7 atom stereocenters. The van der Waals surface area contributed by atoms with E-state index in [1.165, 1.54) is 360 Å². The first kappa shape index (κ1) is 89.4. The minimum absolute atomic E-state index is 0.0228. The Morgan fingerprint density at radius 1 is 0.387 bits per heavy atom. The van der Waals surface area contributed by atoms with Crippen molar-refractivity contribution < 1.29 is 49.3 Å². The summed E-state index contributed by atoms with van der Waals surface area (Å²) in [6, 6.07) is -0.804. The van der Waals surface area contributed by atoms with Gasteiger partial charge in [0.15, 0.2) is 6.29 Å². The first-order valence-corrected chi connectivity index (χ1v) is 41.5. The minimum atomic E-state index is -1.57. The molecule has 1 amide bonds. The summed E-state index contributed by atoms with van der Waals surface area (Å²) < 4.78 is 16.8. The first-order chi connectivity index (χ1) is 45.7. The lowest BCUT2D eigenvalue weighted by molar-refractivity contribution is -0.302. The number of esters is 1. The lowest BCUT2D eigenvalue weighted by Crippen LogP contribution is -2.60. The zero-order valence-electron chi connectivity index (χ0n) is 61.8. The van der Waals surface area contributed by atoms with E-state index in [-0.39, 0.29) is 18.5 Å². The smallest absolute Gasteiger partial charge is 0.305 e. The van der Waals surface area contributed by atoms with E-state index in [9.17, 15) is 35.1 Å². The van der Waals surface area contributed by atoms with Gasteiger partial charge in [0.1, 0.15) is 24.4 Å². The first-order valence-electron chi connectivity index (χ1n) is 41.5. The van der Waals surface area contributed by atoms with Crippen molar-refractivity contribution in [2.24, 2.45) is 0 Å². The van der Waals surface area contributed by atoms with Crippen molar-refractivity contribution in [1.29, 1.82) is 0 Å². The fourth-order valence-electron chi connectivity index (χ4n) is 13.7. The number of carbonyl (C=O) groups excluding carboxylic acids is 2. The van der Waals surface area contributed by atoms with Crippen molar-refractivity contribution in [2.45, 2.75) is 480 Å². The van der Waals surface area contributed by atoms with Crippen LogP contribution >= 0.6 is 0 Å². The summed E-state index contributed by atoms with van der Waals surface area (Å²) in [7, 11) is 0. The number of rotatable bonds is 75. The second kappa shape index (κ2) is 71.7. The SMILES string of the molecule is CCCCCCCCCC/C=C/C(O)C(COC1OC(CO)C(O)C(O)C1O)NC(=O)CCCCCCCCCCCCCCCCCCCCCCCCCCCCCCCCCCCCCCCOC(=O)CCCCCCCCCCCCCCCCCCCC. The van der Waals surface area contributed by atoms with Crippen molar-refractivity contribution in [1.82, 2.24) is 5.32 Å². The van der Waals surface area contributed by atoms with E-state index in [0.29, 0.717) is 19.4 Å². The zero-order chi connectivity index (χ0) is 67.2. The van der Waals surface area contributed by atoms with Crippen LogP contribution in [0.5, 0.6) is 0 Å². The third-order valence-electron chi connectivity index (χ3n) is 20.2. The summed E-state index contributed by atoms with van der Waals surface area (Å²) in [4.78, 5) is 25.2. The Morgan fingerprint density at radius 3 is 1.00 bits per heavy atom. The number of aliphatic hydroxyl groups is 5. The maximum atomic E-state index is 13.0. The monoisotopic (exact) mass is 1320 g/mol. The van der Waals surface area contributed by atoms with E-state index in [1.807, 2.05) is 6.08 Å². The van der Waals surface area contributed by atoms with Crippen molar-refractivity contribution in [2.75, 3.05) is 19.8 Å². The van der Waals surface area contributed by atoms with Crippen LogP contribution < -0.4 is 5.32 Å². The number of hydrogen-bond acceptors (Lipinski definition) is 10. The van der Waals surface area contributed by atoms with Crippen LogP contribution in [0, 0.1) is 0 Å². The van der Waals surface area contributed by atoms with Gasteiger partial charge >= 0.3 is 5.97 Å². The Hall–Kier alpha value is -1.60. The van der Waals surface area contributed by atoms with Crippen LogP contribution in [-0.2, 0) is 23.8 Å². The molecule has 93 heavy (non-hydrogen) atoms. The molecule has 0 aliphatic carbocycles. The topological polar surface area (TPSA) is 175 Å². The van der Waals surface area contributed by atoms with E-state index in [0.717, 1.165) is 51.4 Å². The summed E-state index contributed by atoms with van der Waals surface area (Å²) in [6.45, 7) is 4.39. The molecule has 0 aromatic heterocycles. The number of allylic oxidation sites excluding steroid dienone is 1. The number of amides is 1. The number of unbranched alkanes of at least 4 members (excludes halogenated alkanes) is 61. The molecule has 6 N–H and O–H groups in total. The van der Waals surface area contributed by atoms with Crippen molar-refractivity contribution in [3.8, 4) is 0 Å². The molecule has 7 unspecified atom stereocenters. The van der Waals surface area contributed by atoms with Gasteiger partial charge in [0.05, 0.1) is 32.0 Å². The minimum Gasteiger partial charge on any atom is -0.466 e.